The van der Waals surface area contributed by atoms with Gasteiger partial charge in [-0.2, -0.15) is 0 Å². The molecule has 0 aromatic heterocycles. The lowest BCUT2D eigenvalue weighted by Crippen LogP contribution is -2.45. The first kappa shape index (κ1) is 12.8. The van der Waals surface area contributed by atoms with E-state index in [0.29, 0.717) is 19.7 Å². The fourth-order valence-corrected chi connectivity index (χ4v) is 0.820. The molecule has 0 heterocycles. The smallest absolute Gasteiger partial charge is 0.175 e. The zero-order chi connectivity index (χ0) is 10.3. The fraction of sp³-hybridized carbons (Fsp3) is 1.00. The van der Waals surface area contributed by atoms with E-state index in [9.17, 15) is 5.11 Å². The van der Waals surface area contributed by atoms with E-state index in [1.165, 1.54) is 0 Å². The summed E-state index contributed by atoms with van der Waals surface area (Å²) in [5, 5.41) is 12.7. The van der Waals surface area contributed by atoms with E-state index in [-0.39, 0.29) is 6.04 Å². The SMILES string of the molecule is CCCOC(C)(O)CNC(C)CN. The number of nitrogens with two attached hydrogens (primary N) is 1. The molecule has 0 fully saturated rings. The van der Waals surface area contributed by atoms with E-state index in [1.807, 2.05) is 13.8 Å². The average molecular weight is 190 g/mol. The first-order chi connectivity index (χ1) is 6.02. The molecule has 80 valence electrons. The third-order valence-corrected chi connectivity index (χ3v) is 1.75. The van der Waals surface area contributed by atoms with Crippen LogP contribution in [0.2, 0.25) is 0 Å². The van der Waals surface area contributed by atoms with Gasteiger partial charge in [-0.3, -0.25) is 0 Å². The van der Waals surface area contributed by atoms with Crippen LogP contribution in [-0.2, 0) is 4.74 Å². The Labute approximate surface area is 80.5 Å². The second-order valence-corrected chi connectivity index (χ2v) is 3.54. The molecule has 4 N–H and O–H groups in total. The summed E-state index contributed by atoms with van der Waals surface area (Å²) >= 11 is 0. The molecule has 0 spiro atoms. The molecule has 4 heteroatoms. The van der Waals surface area contributed by atoms with E-state index in [4.69, 9.17) is 10.5 Å². The lowest BCUT2D eigenvalue weighted by Gasteiger charge is -2.25. The molecular formula is C9H22N2O2. The Balaban J connectivity index is 3.61. The van der Waals surface area contributed by atoms with Gasteiger partial charge in [-0.25, -0.2) is 0 Å². The molecule has 0 radical (unpaired) electrons. The summed E-state index contributed by atoms with van der Waals surface area (Å²) in [4.78, 5) is 0. The highest BCUT2D eigenvalue weighted by Gasteiger charge is 2.20. The van der Waals surface area contributed by atoms with Gasteiger partial charge in [-0.05, 0) is 20.3 Å². The van der Waals surface area contributed by atoms with Gasteiger partial charge < -0.3 is 20.9 Å². The number of hydrogen-bond acceptors (Lipinski definition) is 4. The normalized spacial score (nSPS) is 18.2. The summed E-state index contributed by atoms with van der Waals surface area (Å²) in [6, 6.07) is 0.205. The van der Waals surface area contributed by atoms with E-state index < -0.39 is 5.79 Å². The third kappa shape index (κ3) is 6.95. The van der Waals surface area contributed by atoms with Crippen molar-refractivity contribution < 1.29 is 9.84 Å². The number of aliphatic hydroxyl groups is 1. The first-order valence-electron chi connectivity index (χ1n) is 4.81. The largest absolute Gasteiger partial charge is 0.365 e. The highest BCUT2D eigenvalue weighted by atomic mass is 16.6. The van der Waals surface area contributed by atoms with Gasteiger partial charge in [0.25, 0.3) is 0 Å². The van der Waals surface area contributed by atoms with Gasteiger partial charge >= 0.3 is 0 Å². The second-order valence-electron chi connectivity index (χ2n) is 3.54. The van der Waals surface area contributed by atoms with Crippen molar-refractivity contribution in [2.45, 2.75) is 39.0 Å². The summed E-state index contributed by atoms with van der Waals surface area (Å²) < 4.78 is 5.23. The van der Waals surface area contributed by atoms with Crippen LogP contribution in [0, 0.1) is 0 Å². The van der Waals surface area contributed by atoms with E-state index in [1.54, 1.807) is 6.92 Å². The standard InChI is InChI=1S/C9H22N2O2/c1-4-5-13-9(3,12)7-11-8(2)6-10/h8,11-12H,4-7,10H2,1-3H3. The monoisotopic (exact) mass is 190 g/mol. The molecule has 0 saturated heterocycles. The summed E-state index contributed by atoms with van der Waals surface area (Å²) in [7, 11) is 0. The van der Waals surface area contributed by atoms with E-state index >= 15 is 0 Å². The summed E-state index contributed by atoms with van der Waals surface area (Å²) in [6.45, 7) is 7.17. The topological polar surface area (TPSA) is 67.5 Å². The molecule has 0 aliphatic rings. The molecule has 2 unspecified atom stereocenters. The predicted molar refractivity (Wildman–Crippen MR) is 53.4 cm³/mol. The third-order valence-electron chi connectivity index (χ3n) is 1.75. The second kappa shape index (κ2) is 6.32. The van der Waals surface area contributed by atoms with Crippen LogP contribution in [0.4, 0.5) is 0 Å². The van der Waals surface area contributed by atoms with Crippen molar-refractivity contribution in [2.24, 2.45) is 5.73 Å². The Kier molecular flexibility index (Phi) is 6.24. The minimum Gasteiger partial charge on any atom is -0.365 e. The van der Waals surface area contributed by atoms with Crippen molar-refractivity contribution in [3.8, 4) is 0 Å². The molecule has 0 amide bonds. The van der Waals surface area contributed by atoms with Crippen LogP contribution in [0.1, 0.15) is 27.2 Å². The lowest BCUT2D eigenvalue weighted by molar-refractivity contribution is -0.186. The van der Waals surface area contributed by atoms with Gasteiger partial charge in [-0.15, -0.1) is 0 Å². The maximum absolute atomic E-state index is 9.66. The van der Waals surface area contributed by atoms with E-state index in [2.05, 4.69) is 5.32 Å². The highest BCUT2D eigenvalue weighted by molar-refractivity contribution is 4.68. The zero-order valence-corrected chi connectivity index (χ0v) is 8.84. The molecule has 0 aromatic rings. The van der Waals surface area contributed by atoms with Crippen molar-refractivity contribution in [3.63, 3.8) is 0 Å². The molecule has 13 heavy (non-hydrogen) atoms. The van der Waals surface area contributed by atoms with Crippen molar-refractivity contribution >= 4 is 0 Å². The van der Waals surface area contributed by atoms with Crippen LogP contribution in [0.15, 0.2) is 0 Å². The van der Waals surface area contributed by atoms with Gasteiger partial charge in [0.1, 0.15) is 0 Å². The summed E-state index contributed by atoms with van der Waals surface area (Å²) in [5.74, 6) is -1.08. The van der Waals surface area contributed by atoms with Gasteiger partial charge in [0, 0.05) is 25.7 Å². The minimum absolute atomic E-state index is 0.205. The lowest BCUT2D eigenvalue weighted by atomic mass is 10.2. The van der Waals surface area contributed by atoms with Crippen LogP contribution in [-0.4, -0.2) is 36.6 Å². The van der Waals surface area contributed by atoms with Gasteiger partial charge in [0.2, 0.25) is 0 Å². The maximum atomic E-state index is 9.66. The molecule has 0 aliphatic heterocycles. The number of hydrogen-bond donors (Lipinski definition) is 3. The fourth-order valence-electron chi connectivity index (χ4n) is 0.820. The molecule has 0 rings (SSSR count). The molecule has 4 nitrogen and oxygen atoms in total. The number of rotatable bonds is 7. The Hall–Kier alpha value is -0.160. The zero-order valence-electron chi connectivity index (χ0n) is 8.84. The minimum atomic E-state index is -1.08. The van der Waals surface area contributed by atoms with Crippen LogP contribution in [0.5, 0.6) is 0 Å². The number of ether oxygens (including phenoxy) is 1. The Bertz CT molecular complexity index is 129. The average Bonchev–Trinajstić information content (AvgIpc) is 2.11. The van der Waals surface area contributed by atoms with Crippen LogP contribution >= 0.6 is 0 Å². The van der Waals surface area contributed by atoms with Crippen molar-refractivity contribution in [3.05, 3.63) is 0 Å². The predicted octanol–water partition coefficient (Wildman–Crippen LogP) is 0.0583. The highest BCUT2D eigenvalue weighted by Crippen LogP contribution is 2.04. The first-order valence-corrected chi connectivity index (χ1v) is 4.81. The van der Waals surface area contributed by atoms with E-state index in [0.717, 1.165) is 6.42 Å². The van der Waals surface area contributed by atoms with Crippen LogP contribution < -0.4 is 11.1 Å². The van der Waals surface area contributed by atoms with Gasteiger partial charge in [0.15, 0.2) is 5.79 Å². The molecule has 0 saturated carbocycles. The molecule has 2 atom stereocenters. The summed E-state index contributed by atoms with van der Waals surface area (Å²) in [6.07, 6.45) is 0.905. The quantitative estimate of drug-likeness (QED) is 0.497. The molecule has 0 bridgehead atoms. The van der Waals surface area contributed by atoms with Gasteiger partial charge in [0.05, 0.1) is 0 Å². The van der Waals surface area contributed by atoms with Gasteiger partial charge in [-0.1, -0.05) is 6.92 Å². The Morgan fingerprint density at radius 3 is 2.69 bits per heavy atom. The maximum Gasteiger partial charge on any atom is 0.175 e. The molecular weight excluding hydrogens is 168 g/mol. The number of nitrogens with one attached hydrogen (secondary N) is 1. The van der Waals surface area contributed by atoms with Crippen LogP contribution in [0.25, 0.3) is 0 Å². The van der Waals surface area contributed by atoms with Crippen LogP contribution in [0.3, 0.4) is 0 Å². The summed E-state index contributed by atoms with van der Waals surface area (Å²) in [5.41, 5.74) is 5.42. The van der Waals surface area contributed by atoms with Crippen molar-refractivity contribution in [1.29, 1.82) is 0 Å². The Morgan fingerprint density at radius 1 is 1.62 bits per heavy atom. The molecule has 0 aliphatic carbocycles. The van der Waals surface area contributed by atoms with Crippen molar-refractivity contribution in [2.75, 3.05) is 19.7 Å². The Morgan fingerprint density at radius 2 is 2.23 bits per heavy atom. The van der Waals surface area contributed by atoms with Crippen molar-refractivity contribution in [1.82, 2.24) is 5.32 Å². The molecule has 0 aromatic carbocycles.